The molecule has 0 bridgehead atoms. The number of aromatic amines is 1. The normalized spacial score (nSPS) is 12.4. The number of aryl methyl sites for hydroxylation is 1. The molecule has 1 unspecified atom stereocenters. The molecule has 1 N–H and O–H groups in total. The second kappa shape index (κ2) is 5.43. The van der Waals surface area contributed by atoms with Gasteiger partial charge in [0.15, 0.2) is 5.78 Å². The Bertz CT molecular complexity index is 581. The maximum atomic E-state index is 12.7. The zero-order chi connectivity index (χ0) is 14.0. The minimum Gasteiger partial charge on any atom is -0.356 e. The van der Waals surface area contributed by atoms with Crippen molar-refractivity contribution in [1.29, 1.82) is 0 Å². The molecule has 1 aromatic heterocycles. The Labute approximate surface area is 114 Å². The van der Waals surface area contributed by atoms with Gasteiger partial charge in [-0.3, -0.25) is 4.79 Å². The molecule has 1 aromatic carbocycles. The number of carbonyl (C=O) groups is 1. The lowest BCUT2D eigenvalue weighted by Gasteiger charge is -2.14. The fourth-order valence-electron chi connectivity index (χ4n) is 2.52. The second-order valence-electron chi connectivity index (χ2n) is 5.11. The van der Waals surface area contributed by atoms with Gasteiger partial charge < -0.3 is 4.98 Å². The molecule has 100 valence electrons. The Kier molecular flexibility index (Phi) is 3.89. The number of Topliss-reactive ketones (excluding diaryl/α,β-unsaturated/α-hetero) is 1. The van der Waals surface area contributed by atoms with E-state index in [0.29, 0.717) is 0 Å². The summed E-state index contributed by atoms with van der Waals surface area (Å²) in [7, 11) is 0. The van der Waals surface area contributed by atoms with Gasteiger partial charge in [-0.25, -0.2) is 0 Å². The molecule has 1 atom stereocenters. The zero-order valence-corrected chi connectivity index (χ0v) is 12.1. The number of hydrogen-bond acceptors (Lipinski definition) is 1. The van der Waals surface area contributed by atoms with Gasteiger partial charge in [-0.2, -0.15) is 0 Å². The number of ketones is 1. The van der Waals surface area contributed by atoms with Crippen LogP contribution < -0.4 is 0 Å². The SMILES string of the molecule is CCC(C(=O)c1[nH]c(C)c(C)c1C)c1ccccc1. The van der Waals surface area contributed by atoms with Crippen molar-refractivity contribution in [3.05, 3.63) is 58.4 Å². The highest BCUT2D eigenvalue weighted by Crippen LogP contribution is 2.27. The van der Waals surface area contributed by atoms with E-state index in [1.807, 2.05) is 44.2 Å². The lowest BCUT2D eigenvalue weighted by atomic mass is 9.89. The molecular formula is C17H21NO. The van der Waals surface area contributed by atoms with E-state index < -0.39 is 0 Å². The first-order chi connectivity index (χ1) is 9.06. The molecule has 0 aliphatic carbocycles. The van der Waals surface area contributed by atoms with E-state index in [-0.39, 0.29) is 11.7 Å². The predicted molar refractivity (Wildman–Crippen MR) is 78.8 cm³/mol. The van der Waals surface area contributed by atoms with Gasteiger partial charge in [0.1, 0.15) is 0 Å². The van der Waals surface area contributed by atoms with Crippen LogP contribution in [-0.2, 0) is 0 Å². The number of aromatic nitrogens is 1. The molecule has 0 aliphatic heterocycles. The van der Waals surface area contributed by atoms with Crippen molar-refractivity contribution in [2.45, 2.75) is 40.0 Å². The Morgan fingerprint density at radius 2 is 1.74 bits per heavy atom. The van der Waals surface area contributed by atoms with Crippen LogP contribution >= 0.6 is 0 Å². The summed E-state index contributed by atoms with van der Waals surface area (Å²) in [5.41, 5.74) is 5.22. The topological polar surface area (TPSA) is 32.9 Å². The van der Waals surface area contributed by atoms with E-state index in [1.54, 1.807) is 0 Å². The van der Waals surface area contributed by atoms with Crippen LogP contribution in [-0.4, -0.2) is 10.8 Å². The van der Waals surface area contributed by atoms with Crippen LogP contribution in [0.1, 0.15) is 52.1 Å². The van der Waals surface area contributed by atoms with Crippen molar-refractivity contribution in [3.63, 3.8) is 0 Å². The number of carbonyl (C=O) groups excluding carboxylic acids is 1. The fraction of sp³-hybridized carbons (Fsp3) is 0.353. The summed E-state index contributed by atoms with van der Waals surface area (Å²) in [4.78, 5) is 16.0. The quantitative estimate of drug-likeness (QED) is 0.811. The van der Waals surface area contributed by atoms with Gasteiger partial charge in [0, 0.05) is 11.6 Å². The average Bonchev–Trinajstić information content (AvgIpc) is 2.68. The van der Waals surface area contributed by atoms with Gasteiger partial charge in [-0.15, -0.1) is 0 Å². The molecular weight excluding hydrogens is 234 g/mol. The summed E-state index contributed by atoms with van der Waals surface area (Å²) < 4.78 is 0. The molecule has 2 aromatic rings. The molecule has 0 saturated carbocycles. The van der Waals surface area contributed by atoms with Gasteiger partial charge in [0.25, 0.3) is 0 Å². The number of hydrogen-bond donors (Lipinski definition) is 1. The van der Waals surface area contributed by atoms with Crippen molar-refractivity contribution in [3.8, 4) is 0 Å². The van der Waals surface area contributed by atoms with E-state index in [4.69, 9.17) is 0 Å². The maximum Gasteiger partial charge on any atom is 0.186 e. The lowest BCUT2D eigenvalue weighted by molar-refractivity contribution is 0.0952. The summed E-state index contributed by atoms with van der Waals surface area (Å²) in [6, 6.07) is 10.0. The highest BCUT2D eigenvalue weighted by molar-refractivity contribution is 6.01. The Hall–Kier alpha value is -1.83. The first-order valence-corrected chi connectivity index (χ1v) is 6.81. The van der Waals surface area contributed by atoms with Crippen molar-refractivity contribution in [1.82, 2.24) is 4.98 Å². The van der Waals surface area contributed by atoms with Gasteiger partial charge in [0.05, 0.1) is 5.69 Å². The highest BCUT2D eigenvalue weighted by atomic mass is 16.1. The monoisotopic (exact) mass is 255 g/mol. The molecule has 0 saturated heterocycles. The summed E-state index contributed by atoms with van der Waals surface area (Å²) in [6.45, 7) is 8.15. The van der Waals surface area contributed by atoms with Crippen LogP contribution in [0.25, 0.3) is 0 Å². The molecule has 2 heteroatoms. The van der Waals surface area contributed by atoms with Gasteiger partial charge in [-0.1, -0.05) is 37.3 Å². The van der Waals surface area contributed by atoms with Crippen LogP contribution in [0.3, 0.4) is 0 Å². The van der Waals surface area contributed by atoms with Gasteiger partial charge in [0.2, 0.25) is 0 Å². The Morgan fingerprint density at radius 1 is 1.11 bits per heavy atom. The zero-order valence-electron chi connectivity index (χ0n) is 12.1. The largest absolute Gasteiger partial charge is 0.356 e. The third-order valence-electron chi connectivity index (χ3n) is 3.99. The Morgan fingerprint density at radius 3 is 2.21 bits per heavy atom. The third kappa shape index (κ3) is 2.48. The fourth-order valence-corrected chi connectivity index (χ4v) is 2.52. The standard InChI is InChI=1S/C17H21NO/c1-5-15(14-9-7-6-8-10-14)17(19)16-12(3)11(2)13(4)18-16/h6-10,15,18H,5H2,1-4H3. The minimum atomic E-state index is -0.0580. The third-order valence-corrected chi connectivity index (χ3v) is 3.99. The smallest absolute Gasteiger partial charge is 0.186 e. The Balaban J connectivity index is 2.39. The maximum absolute atomic E-state index is 12.7. The minimum absolute atomic E-state index is 0.0580. The van der Waals surface area contributed by atoms with Gasteiger partial charge >= 0.3 is 0 Å². The summed E-state index contributed by atoms with van der Waals surface area (Å²) in [5.74, 6) is 0.139. The molecule has 2 nitrogen and oxygen atoms in total. The summed E-state index contributed by atoms with van der Waals surface area (Å²) in [5, 5.41) is 0. The van der Waals surface area contributed by atoms with E-state index in [9.17, 15) is 4.79 Å². The molecule has 0 spiro atoms. The molecule has 0 fully saturated rings. The van der Waals surface area contributed by atoms with Crippen LogP contribution in [0.2, 0.25) is 0 Å². The molecule has 19 heavy (non-hydrogen) atoms. The predicted octanol–water partition coefficient (Wildman–Crippen LogP) is 4.32. The highest BCUT2D eigenvalue weighted by Gasteiger charge is 2.24. The molecule has 0 aliphatic rings. The number of nitrogens with one attached hydrogen (secondary N) is 1. The molecule has 0 radical (unpaired) electrons. The number of rotatable bonds is 4. The molecule has 0 amide bonds. The molecule has 2 rings (SSSR count). The summed E-state index contributed by atoms with van der Waals surface area (Å²) in [6.07, 6.45) is 0.819. The molecule has 1 heterocycles. The second-order valence-corrected chi connectivity index (χ2v) is 5.11. The van der Waals surface area contributed by atoms with Crippen LogP contribution in [0.15, 0.2) is 30.3 Å². The van der Waals surface area contributed by atoms with E-state index >= 15 is 0 Å². The first kappa shape index (κ1) is 13.6. The van der Waals surface area contributed by atoms with Gasteiger partial charge in [-0.05, 0) is 43.9 Å². The number of H-pyrrole nitrogens is 1. The van der Waals surface area contributed by atoms with E-state index in [0.717, 1.165) is 28.9 Å². The number of benzene rings is 1. The first-order valence-electron chi connectivity index (χ1n) is 6.81. The van der Waals surface area contributed by atoms with Crippen LogP contribution in [0.4, 0.5) is 0 Å². The van der Waals surface area contributed by atoms with Crippen LogP contribution in [0.5, 0.6) is 0 Å². The summed E-state index contributed by atoms with van der Waals surface area (Å²) >= 11 is 0. The van der Waals surface area contributed by atoms with Crippen molar-refractivity contribution in [2.24, 2.45) is 0 Å². The lowest BCUT2D eigenvalue weighted by Crippen LogP contribution is -2.13. The van der Waals surface area contributed by atoms with Crippen molar-refractivity contribution < 1.29 is 4.79 Å². The van der Waals surface area contributed by atoms with Crippen molar-refractivity contribution in [2.75, 3.05) is 0 Å². The van der Waals surface area contributed by atoms with E-state index in [2.05, 4.69) is 18.8 Å². The van der Waals surface area contributed by atoms with Crippen molar-refractivity contribution >= 4 is 5.78 Å². The van der Waals surface area contributed by atoms with E-state index in [1.165, 1.54) is 5.56 Å². The average molecular weight is 255 g/mol. The van der Waals surface area contributed by atoms with Crippen LogP contribution in [0, 0.1) is 20.8 Å².